The van der Waals surface area contributed by atoms with Crippen LogP contribution in [0.5, 0.6) is 0 Å². The minimum absolute atomic E-state index is 0.0436. The predicted octanol–water partition coefficient (Wildman–Crippen LogP) is 0.112. The Morgan fingerprint density at radius 2 is 1.83 bits per heavy atom. The zero-order chi connectivity index (χ0) is 16.9. The Kier molecular flexibility index (Phi) is 3.91. The van der Waals surface area contributed by atoms with Gasteiger partial charge in [-0.25, -0.2) is 4.79 Å². The Labute approximate surface area is 134 Å². The Morgan fingerprint density at radius 1 is 1.22 bits per heavy atom. The summed E-state index contributed by atoms with van der Waals surface area (Å²) >= 11 is 0. The molecule has 1 aromatic heterocycles. The van der Waals surface area contributed by atoms with Gasteiger partial charge in [0.2, 0.25) is 0 Å². The van der Waals surface area contributed by atoms with Crippen molar-refractivity contribution in [2.24, 2.45) is 20.0 Å². The summed E-state index contributed by atoms with van der Waals surface area (Å²) in [4.78, 5) is 39.1. The van der Waals surface area contributed by atoms with Crippen LogP contribution in [-0.4, -0.2) is 38.4 Å². The molecule has 3 rings (SSSR count). The summed E-state index contributed by atoms with van der Waals surface area (Å²) in [7, 11) is 2.84. The summed E-state index contributed by atoms with van der Waals surface area (Å²) in [5.74, 6) is 0.319. The van der Waals surface area contributed by atoms with Crippen molar-refractivity contribution < 1.29 is 4.79 Å². The van der Waals surface area contributed by atoms with E-state index >= 15 is 0 Å². The molecule has 2 N–H and O–H groups in total. The van der Waals surface area contributed by atoms with Gasteiger partial charge in [0.1, 0.15) is 11.4 Å². The zero-order valence-electron chi connectivity index (χ0n) is 13.9. The van der Waals surface area contributed by atoms with Crippen LogP contribution in [0.3, 0.4) is 0 Å². The maximum absolute atomic E-state index is 12.7. The Bertz CT molecular complexity index is 756. The van der Waals surface area contributed by atoms with Crippen molar-refractivity contribution in [3.8, 4) is 0 Å². The number of anilines is 1. The van der Waals surface area contributed by atoms with Gasteiger partial charge in [0, 0.05) is 26.2 Å². The highest BCUT2D eigenvalue weighted by Gasteiger charge is 2.40. The van der Waals surface area contributed by atoms with E-state index in [9.17, 15) is 14.4 Å². The number of ketones is 1. The molecule has 2 fully saturated rings. The number of aromatic nitrogens is 2. The lowest BCUT2D eigenvalue weighted by molar-refractivity contribution is 0.0872. The molecule has 0 amide bonds. The molecule has 0 saturated heterocycles. The van der Waals surface area contributed by atoms with Gasteiger partial charge in [-0.2, -0.15) is 0 Å². The average molecular weight is 320 g/mol. The topological polar surface area (TPSA) is 90.3 Å². The van der Waals surface area contributed by atoms with Crippen LogP contribution in [0.2, 0.25) is 0 Å². The molecule has 0 radical (unpaired) electrons. The lowest BCUT2D eigenvalue weighted by atomic mass is 10.1. The fourth-order valence-electron chi connectivity index (χ4n) is 3.23. The van der Waals surface area contributed by atoms with Crippen LogP contribution in [0.25, 0.3) is 0 Å². The highest BCUT2D eigenvalue weighted by Crippen LogP contribution is 2.39. The molecule has 7 heteroatoms. The van der Waals surface area contributed by atoms with E-state index in [1.54, 1.807) is 0 Å². The van der Waals surface area contributed by atoms with Gasteiger partial charge >= 0.3 is 5.69 Å². The highest BCUT2D eigenvalue weighted by molar-refractivity contribution is 6.01. The summed E-state index contributed by atoms with van der Waals surface area (Å²) in [5.41, 5.74) is 4.69. The van der Waals surface area contributed by atoms with Crippen molar-refractivity contribution in [2.45, 2.75) is 44.7 Å². The van der Waals surface area contributed by atoms with Gasteiger partial charge in [-0.3, -0.25) is 23.6 Å². The van der Waals surface area contributed by atoms with Crippen LogP contribution < -0.4 is 17.0 Å². The van der Waals surface area contributed by atoms with E-state index in [-0.39, 0.29) is 23.7 Å². The van der Waals surface area contributed by atoms with E-state index in [4.69, 9.17) is 5.73 Å². The smallest absolute Gasteiger partial charge is 0.332 e. The number of hydrogen-bond donors (Lipinski definition) is 1. The van der Waals surface area contributed by atoms with Crippen LogP contribution in [-0.2, 0) is 14.1 Å². The maximum atomic E-state index is 12.7. The predicted molar refractivity (Wildman–Crippen MR) is 87.6 cm³/mol. The molecule has 0 spiro atoms. The van der Waals surface area contributed by atoms with Gasteiger partial charge in [0.05, 0.1) is 6.54 Å². The molecule has 1 atom stereocenters. The van der Waals surface area contributed by atoms with E-state index < -0.39 is 11.2 Å². The first-order valence-corrected chi connectivity index (χ1v) is 8.17. The molecule has 1 unspecified atom stereocenters. The maximum Gasteiger partial charge on any atom is 0.332 e. The summed E-state index contributed by atoms with van der Waals surface area (Å²) in [6.07, 6.45) is 4.63. The van der Waals surface area contributed by atoms with Gasteiger partial charge in [-0.05, 0) is 38.5 Å². The number of rotatable bonds is 6. The number of Topliss-reactive ketones (excluding diaryl/α,β-unsaturated/α-hetero) is 1. The van der Waals surface area contributed by atoms with E-state index in [2.05, 4.69) is 11.8 Å². The quantitative estimate of drug-likeness (QED) is 0.752. The van der Waals surface area contributed by atoms with E-state index in [1.807, 2.05) is 0 Å². The average Bonchev–Trinajstić information content (AvgIpc) is 3.39. The molecule has 23 heavy (non-hydrogen) atoms. The van der Waals surface area contributed by atoms with E-state index in [0.717, 1.165) is 22.0 Å². The van der Waals surface area contributed by atoms with Crippen LogP contribution in [0.4, 0.5) is 5.82 Å². The van der Waals surface area contributed by atoms with Crippen molar-refractivity contribution in [3.63, 3.8) is 0 Å². The van der Waals surface area contributed by atoms with Gasteiger partial charge in [-0.1, -0.05) is 0 Å². The van der Waals surface area contributed by atoms with Crippen LogP contribution in [0, 0.1) is 5.92 Å². The lowest BCUT2D eigenvalue weighted by Crippen LogP contribution is -2.45. The number of nitrogens with two attached hydrogens (primary N) is 1. The zero-order valence-corrected chi connectivity index (χ0v) is 13.9. The second-order valence-corrected chi connectivity index (χ2v) is 6.87. The Balaban J connectivity index is 1.91. The van der Waals surface area contributed by atoms with E-state index in [0.29, 0.717) is 18.0 Å². The number of nitrogens with zero attached hydrogens (tertiary/aromatic N) is 3. The second kappa shape index (κ2) is 5.63. The third-order valence-electron chi connectivity index (χ3n) is 5.16. The monoisotopic (exact) mass is 320 g/mol. The summed E-state index contributed by atoms with van der Waals surface area (Å²) < 4.78 is 2.09. The number of carbonyl (C=O) groups is 1. The fraction of sp³-hybridized carbons (Fsp3) is 0.688. The van der Waals surface area contributed by atoms with Crippen LogP contribution >= 0.6 is 0 Å². The molecular weight excluding hydrogens is 296 g/mol. The first-order chi connectivity index (χ1) is 10.8. The normalized spacial score (nSPS) is 19.1. The van der Waals surface area contributed by atoms with Crippen LogP contribution in [0.1, 0.15) is 43.0 Å². The Hall–Kier alpha value is -1.89. The number of nitrogen functional groups attached to an aromatic ring is 1. The Morgan fingerprint density at radius 3 is 2.35 bits per heavy atom. The van der Waals surface area contributed by atoms with Crippen LogP contribution in [0.15, 0.2) is 9.59 Å². The number of hydrogen-bond acceptors (Lipinski definition) is 5. The fourth-order valence-corrected chi connectivity index (χ4v) is 3.23. The largest absolute Gasteiger partial charge is 0.384 e. The summed E-state index contributed by atoms with van der Waals surface area (Å²) in [5, 5.41) is 0. The summed E-state index contributed by atoms with van der Waals surface area (Å²) in [6, 6.07) is 0.788. The minimum Gasteiger partial charge on any atom is -0.384 e. The summed E-state index contributed by atoms with van der Waals surface area (Å²) in [6.45, 7) is 2.35. The second-order valence-electron chi connectivity index (χ2n) is 6.87. The van der Waals surface area contributed by atoms with Gasteiger partial charge in [-0.15, -0.1) is 0 Å². The van der Waals surface area contributed by atoms with E-state index in [1.165, 1.54) is 26.9 Å². The molecule has 1 aromatic rings. The molecule has 2 aliphatic carbocycles. The SMILES string of the molecule is CC(C1CC1)N(CC(=O)c1c(N)n(C)c(=O)n(C)c1=O)C1CC1. The molecule has 7 nitrogen and oxygen atoms in total. The molecule has 1 heterocycles. The molecule has 2 saturated carbocycles. The van der Waals surface area contributed by atoms with Crippen molar-refractivity contribution in [1.82, 2.24) is 14.0 Å². The van der Waals surface area contributed by atoms with Gasteiger partial charge < -0.3 is 5.73 Å². The first-order valence-electron chi connectivity index (χ1n) is 8.17. The molecule has 126 valence electrons. The standard InChI is InChI=1S/C16H24N4O3/c1-9(10-4-5-10)20(11-6-7-11)8-12(21)13-14(17)18(2)16(23)19(3)15(13)22/h9-11H,4-8,17H2,1-3H3. The molecule has 2 aliphatic rings. The third kappa shape index (κ3) is 2.85. The van der Waals surface area contributed by atoms with Crippen molar-refractivity contribution in [3.05, 3.63) is 26.4 Å². The van der Waals surface area contributed by atoms with Crippen molar-refractivity contribution in [2.75, 3.05) is 12.3 Å². The van der Waals surface area contributed by atoms with Crippen molar-refractivity contribution >= 4 is 11.6 Å². The molecular formula is C16H24N4O3. The van der Waals surface area contributed by atoms with Gasteiger partial charge in [0.25, 0.3) is 5.56 Å². The highest BCUT2D eigenvalue weighted by atomic mass is 16.2. The lowest BCUT2D eigenvalue weighted by Gasteiger charge is -2.28. The molecule has 0 aromatic carbocycles. The molecule has 0 aliphatic heterocycles. The van der Waals surface area contributed by atoms with Crippen molar-refractivity contribution in [1.29, 1.82) is 0 Å². The third-order valence-corrected chi connectivity index (χ3v) is 5.16. The molecule has 0 bridgehead atoms. The number of carbonyl (C=O) groups excluding carboxylic acids is 1. The van der Waals surface area contributed by atoms with Gasteiger partial charge in [0.15, 0.2) is 5.78 Å². The first kappa shape index (κ1) is 16.0. The minimum atomic E-state index is -0.606.